The highest BCUT2D eigenvalue weighted by Crippen LogP contribution is 2.11. The van der Waals surface area contributed by atoms with Gasteiger partial charge in [0.1, 0.15) is 0 Å². The summed E-state index contributed by atoms with van der Waals surface area (Å²) in [7, 11) is -0.849. The first-order valence-corrected chi connectivity index (χ1v) is 7.17. The largest absolute Gasteiger partial charge is 0.416 e. The maximum absolute atomic E-state index is 5.71. The Bertz CT molecular complexity index is 128. The van der Waals surface area contributed by atoms with E-state index in [2.05, 4.69) is 18.7 Å². The summed E-state index contributed by atoms with van der Waals surface area (Å²) in [5, 5.41) is 0. The zero-order valence-corrected chi connectivity index (χ0v) is 9.24. The van der Waals surface area contributed by atoms with Gasteiger partial charge in [-0.3, -0.25) is 0 Å². The molecule has 1 atom stereocenters. The predicted octanol–water partition coefficient (Wildman–Crippen LogP) is 2.81. The Kier molecular flexibility index (Phi) is 5.36. The van der Waals surface area contributed by atoms with Crippen molar-refractivity contribution in [2.24, 2.45) is 0 Å². The normalized spacial score (nSPS) is 24.9. The minimum absolute atomic E-state index is 0.849. The molecular formula is C10H20OSi. The van der Waals surface area contributed by atoms with Crippen LogP contribution >= 0.6 is 0 Å². The lowest BCUT2D eigenvalue weighted by molar-refractivity contribution is 0.294. The van der Waals surface area contributed by atoms with E-state index >= 15 is 0 Å². The van der Waals surface area contributed by atoms with E-state index in [1.807, 2.05) is 0 Å². The molecule has 2 heteroatoms. The van der Waals surface area contributed by atoms with Crippen molar-refractivity contribution in [2.75, 3.05) is 6.61 Å². The lowest BCUT2D eigenvalue weighted by Gasteiger charge is -2.17. The molecular weight excluding hydrogens is 164 g/mol. The monoisotopic (exact) mass is 184 g/mol. The highest BCUT2D eigenvalue weighted by Gasteiger charge is 2.11. The molecule has 0 radical (unpaired) electrons. The molecule has 0 aromatic heterocycles. The minimum atomic E-state index is -0.849. The van der Waals surface area contributed by atoms with E-state index in [0.29, 0.717) is 0 Å². The zero-order valence-electron chi connectivity index (χ0n) is 8.09. The van der Waals surface area contributed by atoms with Crippen LogP contribution in [0.25, 0.3) is 0 Å². The third-order valence-corrected chi connectivity index (χ3v) is 4.63. The van der Waals surface area contributed by atoms with Gasteiger partial charge in [-0.2, -0.15) is 0 Å². The molecule has 0 aromatic carbocycles. The maximum Gasteiger partial charge on any atom is 0.200 e. The number of allylic oxidation sites excluding steroid dienone is 1. The third kappa shape index (κ3) is 4.07. The second-order valence-corrected chi connectivity index (χ2v) is 5.85. The fourth-order valence-electron chi connectivity index (χ4n) is 1.49. The molecule has 70 valence electrons. The Morgan fingerprint density at radius 3 is 3.00 bits per heavy atom. The quantitative estimate of drug-likeness (QED) is 0.482. The molecule has 0 aliphatic carbocycles. The molecule has 12 heavy (non-hydrogen) atoms. The molecule has 1 heterocycles. The fourth-order valence-corrected chi connectivity index (χ4v) is 3.61. The topological polar surface area (TPSA) is 9.23 Å². The number of rotatable bonds is 4. The standard InChI is InChI=1S/C10H20OSi/c1-2-3-4-6-9-12-10-7-5-8-11-12/h6,9,12H,2-5,7-8,10H2,1H3/b9-6+. The van der Waals surface area contributed by atoms with Crippen LogP contribution < -0.4 is 0 Å². The van der Waals surface area contributed by atoms with Crippen molar-refractivity contribution in [3.05, 3.63) is 11.8 Å². The van der Waals surface area contributed by atoms with Gasteiger partial charge in [0.05, 0.1) is 0 Å². The molecule has 1 saturated heterocycles. The molecule has 0 amide bonds. The van der Waals surface area contributed by atoms with Gasteiger partial charge in [-0.15, -0.1) is 0 Å². The summed E-state index contributed by atoms with van der Waals surface area (Å²) in [6.07, 6.45) is 8.91. The van der Waals surface area contributed by atoms with E-state index in [1.54, 1.807) is 0 Å². The van der Waals surface area contributed by atoms with Crippen molar-refractivity contribution in [1.82, 2.24) is 0 Å². The van der Waals surface area contributed by atoms with Crippen LogP contribution in [0.2, 0.25) is 6.04 Å². The number of hydrogen-bond acceptors (Lipinski definition) is 1. The summed E-state index contributed by atoms with van der Waals surface area (Å²) in [4.78, 5) is 0. The van der Waals surface area contributed by atoms with Gasteiger partial charge >= 0.3 is 0 Å². The maximum atomic E-state index is 5.71. The van der Waals surface area contributed by atoms with E-state index in [0.717, 1.165) is 6.61 Å². The minimum Gasteiger partial charge on any atom is -0.416 e. The van der Waals surface area contributed by atoms with Crippen LogP contribution in [0.5, 0.6) is 0 Å². The lowest BCUT2D eigenvalue weighted by atomic mass is 10.2. The van der Waals surface area contributed by atoms with Crippen molar-refractivity contribution >= 4 is 9.04 Å². The summed E-state index contributed by atoms with van der Waals surface area (Å²) in [6, 6.07) is 1.36. The number of unbranched alkanes of at least 4 members (excludes halogenated alkanes) is 2. The molecule has 0 bridgehead atoms. The van der Waals surface area contributed by atoms with Crippen LogP contribution in [0.4, 0.5) is 0 Å². The van der Waals surface area contributed by atoms with Crippen molar-refractivity contribution in [1.29, 1.82) is 0 Å². The molecule has 0 aromatic rings. The zero-order chi connectivity index (χ0) is 8.65. The molecule has 1 fully saturated rings. The first kappa shape index (κ1) is 10.0. The Labute approximate surface area is 77.5 Å². The lowest BCUT2D eigenvalue weighted by Crippen LogP contribution is -2.20. The van der Waals surface area contributed by atoms with Crippen LogP contribution in [0.15, 0.2) is 11.8 Å². The third-order valence-electron chi connectivity index (χ3n) is 2.29. The summed E-state index contributed by atoms with van der Waals surface area (Å²) in [5.41, 5.74) is 2.38. The van der Waals surface area contributed by atoms with Gasteiger partial charge < -0.3 is 4.43 Å². The summed E-state index contributed by atoms with van der Waals surface area (Å²) < 4.78 is 5.71. The van der Waals surface area contributed by atoms with Crippen LogP contribution in [0.1, 0.15) is 39.0 Å². The SMILES string of the molecule is CCCC/C=C/[SiH]1CCCCO1. The van der Waals surface area contributed by atoms with Crippen molar-refractivity contribution < 1.29 is 4.43 Å². The van der Waals surface area contributed by atoms with Crippen LogP contribution in [0.3, 0.4) is 0 Å². The highest BCUT2D eigenvalue weighted by molar-refractivity contribution is 6.57. The summed E-state index contributed by atoms with van der Waals surface area (Å²) in [5.74, 6) is 0. The van der Waals surface area contributed by atoms with E-state index in [9.17, 15) is 0 Å². The van der Waals surface area contributed by atoms with Crippen LogP contribution in [0, 0.1) is 0 Å². The average molecular weight is 184 g/mol. The van der Waals surface area contributed by atoms with Crippen LogP contribution in [-0.2, 0) is 4.43 Å². The Morgan fingerprint density at radius 2 is 2.33 bits per heavy atom. The second kappa shape index (κ2) is 6.43. The predicted molar refractivity (Wildman–Crippen MR) is 55.8 cm³/mol. The molecule has 1 aliphatic heterocycles. The van der Waals surface area contributed by atoms with Gasteiger partial charge in [0.15, 0.2) is 0 Å². The molecule has 0 spiro atoms. The fraction of sp³-hybridized carbons (Fsp3) is 0.800. The van der Waals surface area contributed by atoms with Gasteiger partial charge in [-0.25, -0.2) is 0 Å². The van der Waals surface area contributed by atoms with Gasteiger partial charge in [-0.1, -0.05) is 38.0 Å². The summed E-state index contributed by atoms with van der Waals surface area (Å²) >= 11 is 0. The van der Waals surface area contributed by atoms with Gasteiger partial charge in [0.25, 0.3) is 0 Å². The molecule has 1 aliphatic rings. The Hall–Kier alpha value is -0.0831. The first-order chi connectivity index (χ1) is 5.93. The van der Waals surface area contributed by atoms with Crippen molar-refractivity contribution in [3.8, 4) is 0 Å². The molecule has 0 saturated carbocycles. The second-order valence-electron chi connectivity index (χ2n) is 3.48. The van der Waals surface area contributed by atoms with Gasteiger partial charge in [0, 0.05) is 6.61 Å². The van der Waals surface area contributed by atoms with Crippen LogP contribution in [-0.4, -0.2) is 15.6 Å². The van der Waals surface area contributed by atoms with E-state index in [4.69, 9.17) is 4.43 Å². The molecule has 1 rings (SSSR count). The smallest absolute Gasteiger partial charge is 0.200 e. The van der Waals surface area contributed by atoms with E-state index in [1.165, 1.54) is 38.1 Å². The van der Waals surface area contributed by atoms with Crippen molar-refractivity contribution in [2.45, 2.75) is 45.1 Å². The van der Waals surface area contributed by atoms with Gasteiger partial charge in [0.2, 0.25) is 9.04 Å². The first-order valence-electron chi connectivity index (χ1n) is 5.21. The Balaban J connectivity index is 2.07. The Morgan fingerprint density at radius 1 is 1.42 bits per heavy atom. The van der Waals surface area contributed by atoms with Crippen molar-refractivity contribution in [3.63, 3.8) is 0 Å². The van der Waals surface area contributed by atoms with E-state index in [-0.39, 0.29) is 0 Å². The highest BCUT2D eigenvalue weighted by atomic mass is 28.3. The van der Waals surface area contributed by atoms with Gasteiger partial charge in [-0.05, 0) is 18.9 Å². The van der Waals surface area contributed by atoms with E-state index < -0.39 is 9.04 Å². The molecule has 1 nitrogen and oxygen atoms in total. The number of hydrogen-bond donors (Lipinski definition) is 0. The molecule has 1 unspecified atom stereocenters. The average Bonchev–Trinajstić information content (AvgIpc) is 2.14. The molecule has 0 N–H and O–H groups in total. The summed E-state index contributed by atoms with van der Waals surface area (Å²) in [6.45, 7) is 3.26.